The lowest BCUT2D eigenvalue weighted by molar-refractivity contribution is 0.171. The summed E-state index contributed by atoms with van der Waals surface area (Å²) in [6.45, 7) is 2.44. The number of hydrogen-bond acceptors (Lipinski definition) is 1. The van der Waals surface area contributed by atoms with Crippen LogP contribution in [0.2, 0.25) is 0 Å². The van der Waals surface area contributed by atoms with Crippen LogP contribution in [0.5, 0.6) is 0 Å². The van der Waals surface area contributed by atoms with E-state index in [2.05, 4.69) is 11.9 Å². The van der Waals surface area contributed by atoms with Crippen molar-refractivity contribution in [2.24, 2.45) is 5.92 Å². The second kappa shape index (κ2) is 3.18. The largest absolute Gasteiger partial charge is 0.306 e. The Labute approximate surface area is 56.5 Å². The maximum absolute atomic E-state index is 10.2. The fourth-order valence-electron chi connectivity index (χ4n) is 1.43. The van der Waals surface area contributed by atoms with Gasteiger partial charge in [0.2, 0.25) is 0 Å². The second-order valence-electron chi connectivity index (χ2n) is 2.91. The minimum atomic E-state index is 0.110. The Morgan fingerprint density at radius 2 is 2.44 bits per heavy atom. The Kier molecular flexibility index (Phi) is 2.49. The molecule has 0 aliphatic carbocycles. The van der Waals surface area contributed by atoms with Crippen molar-refractivity contribution in [3.05, 3.63) is 0 Å². The molecule has 1 aliphatic rings. The molecule has 0 aromatic heterocycles. The minimum Gasteiger partial charge on any atom is -0.306 e. The quantitative estimate of drug-likeness (QED) is 0.538. The second-order valence-corrected chi connectivity index (χ2v) is 2.91. The van der Waals surface area contributed by atoms with E-state index in [1.807, 2.05) is 0 Å². The molecular weight excluding hydrogens is 114 g/mol. The first kappa shape index (κ1) is 7.03. The van der Waals surface area contributed by atoms with Crippen LogP contribution in [-0.4, -0.2) is 31.6 Å². The molecule has 1 saturated heterocycles. The lowest BCUT2D eigenvalue weighted by atomic mass is 10.1. The molecule has 2 nitrogen and oxygen atoms in total. The molecule has 2 heteroatoms. The van der Waals surface area contributed by atoms with Crippen LogP contribution < -0.4 is 0 Å². The van der Waals surface area contributed by atoms with Gasteiger partial charge >= 0.3 is 0 Å². The van der Waals surface area contributed by atoms with Crippen LogP contribution in [0.3, 0.4) is 0 Å². The van der Waals surface area contributed by atoms with Crippen LogP contribution >= 0.6 is 0 Å². The Morgan fingerprint density at radius 3 is 2.89 bits per heavy atom. The van der Waals surface area contributed by atoms with Crippen LogP contribution in [0, 0.1) is 5.92 Å². The van der Waals surface area contributed by atoms with Gasteiger partial charge in [0, 0.05) is 6.54 Å². The Morgan fingerprint density at radius 1 is 1.67 bits per heavy atom. The Hall–Kier alpha value is -0.0800. The van der Waals surface area contributed by atoms with Crippen LogP contribution in [0.25, 0.3) is 0 Å². The van der Waals surface area contributed by atoms with Gasteiger partial charge in [-0.15, -0.1) is 0 Å². The maximum atomic E-state index is 10.2. The summed E-state index contributed by atoms with van der Waals surface area (Å²) >= 11 is 0. The highest BCUT2D eigenvalue weighted by atomic mass is 16.3. The van der Waals surface area contributed by atoms with E-state index in [1.54, 1.807) is 0 Å². The molecule has 53 valence electrons. The van der Waals surface area contributed by atoms with Gasteiger partial charge in [-0.25, -0.2) is 5.11 Å². The normalized spacial score (nSPS) is 29.3. The van der Waals surface area contributed by atoms with Crippen molar-refractivity contribution in [2.45, 2.75) is 12.8 Å². The van der Waals surface area contributed by atoms with Crippen molar-refractivity contribution >= 4 is 0 Å². The highest BCUT2D eigenvalue weighted by Crippen LogP contribution is 2.16. The van der Waals surface area contributed by atoms with E-state index in [0.717, 1.165) is 13.0 Å². The zero-order valence-corrected chi connectivity index (χ0v) is 5.97. The third kappa shape index (κ3) is 1.95. The van der Waals surface area contributed by atoms with Crippen LogP contribution in [0.1, 0.15) is 12.8 Å². The van der Waals surface area contributed by atoms with Gasteiger partial charge in [-0.1, -0.05) is 0 Å². The fourth-order valence-corrected chi connectivity index (χ4v) is 1.43. The predicted octanol–water partition coefficient (Wildman–Crippen LogP) is 0.759. The summed E-state index contributed by atoms with van der Waals surface area (Å²) in [5.74, 6) is 0.701. The molecule has 0 aromatic rings. The first-order chi connectivity index (χ1) is 4.33. The summed E-state index contributed by atoms with van der Waals surface area (Å²) < 4.78 is 0. The average molecular weight is 128 g/mol. The molecule has 1 heterocycles. The number of rotatable bonds is 2. The van der Waals surface area contributed by atoms with Crippen molar-refractivity contribution in [1.82, 2.24) is 4.90 Å². The topological polar surface area (TPSA) is 23.1 Å². The predicted molar refractivity (Wildman–Crippen MR) is 35.8 cm³/mol. The molecule has 0 bridgehead atoms. The van der Waals surface area contributed by atoms with Crippen molar-refractivity contribution < 1.29 is 5.11 Å². The SMILES string of the molecule is CN1CCC(CC[O])C1. The molecule has 0 saturated carbocycles. The zero-order chi connectivity index (χ0) is 6.69. The van der Waals surface area contributed by atoms with E-state index >= 15 is 0 Å². The van der Waals surface area contributed by atoms with Gasteiger partial charge in [0.25, 0.3) is 0 Å². The van der Waals surface area contributed by atoms with Crippen molar-refractivity contribution in [3.63, 3.8) is 0 Å². The summed E-state index contributed by atoms with van der Waals surface area (Å²) in [6, 6.07) is 0. The summed E-state index contributed by atoms with van der Waals surface area (Å²) in [4.78, 5) is 2.29. The van der Waals surface area contributed by atoms with Gasteiger partial charge < -0.3 is 4.90 Å². The summed E-state index contributed by atoms with van der Waals surface area (Å²) in [5, 5.41) is 10.2. The smallest absolute Gasteiger partial charge is 0.0825 e. The maximum Gasteiger partial charge on any atom is 0.0825 e. The third-order valence-corrected chi connectivity index (χ3v) is 2.02. The van der Waals surface area contributed by atoms with E-state index in [0.29, 0.717) is 5.92 Å². The number of nitrogens with zero attached hydrogens (tertiary/aromatic N) is 1. The molecule has 1 unspecified atom stereocenters. The molecular formula is C7H14NO. The average Bonchev–Trinajstić information content (AvgIpc) is 2.17. The molecule has 1 radical (unpaired) electrons. The molecule has 1 atom stereocenters. The minimum absolute atomic E-state index is 0.110. The molecule has 0 spiro atoms. The Balaban J connectivity index is 2.14. The van der Waals surface area contributed by atoms with E-state index in [9.17, 15) is 5.11 Å². The highest BCUT2D eigenvalue weighted by molar-refractivity contribution is 4.71. The van der Waals surface area contributed by atoms with Crippen LogP contribution in [0.15, 0.2) is 0 Å². The van der Waals surface area contributed by atoms with Gasteiger partial charge in [0.05, 0.1) is 6.61 Å². The molecule has 9 heavy (non-hydrogen) atoms. The lowest BCUT2D eigenvalue weighted by Crippen LogP contribution is -2.14. The van der Waals surface area contributed by atoms with E-state index < -0.39 is 0 Å². The van der Waals surface area contributed by atoms with Crippen molar-refractivity contribution in [2.75, 3.05) is 26.7 Å². The summed E-state index contributed by atoms with van der Waals surface area (Å²) in [5.41, 5.74) is 0. The number of likely N-dealkylation sites (tertiary alicyclic amines) is 1. The molecule has 1 aliphatic heterocycles. The Bertz CT molecular complexity index is 83.0. The monoisotopic (exact) mass is 128 g/mol. The van der Waals surface area contributed by atoms with E-state index in [1.165, 1.54) is 13.0 Å². The van der Waals surface area contributed by atoms with Crippen LogP contribution in [0.4, 0.5) is 0 Å². The highest BCUT2D eigenvalue weighted by Gasteiger charge is 2.18. The van der Waals surface area contributed by atoms with Gasteiger partial charge in [-0.3, -0.25) is 0 Å². The van der Waals surface area contributed by atoms with Gasteiger partial charge in [-0.2, -0.15) is 0 Å². The first-order valence-corrected chi connectivity index (χ1v) is 3.59. The fraction of sp³-hybridized carbons (Fsp3) is 1.00. The van der Waals surface area contributed by atoms with Crippen LogP contribution in [-0.2, 0) is 5.11 Å². The third-order valence-electron chi connectivity index (χ3n) is 2.02. The van der Waals surface area contributed by atoms with Gasteiger partial charge in [-0.05, 0) is 32.4 Å². The summed E-state index contributed by atoms with van der Waals surface area (Å²) in [7, 11) is 2.12. The summed E-state index contributed by atoms with van der Waals surface area (Å²) in [6.07, 6.45) is 2.11. The molecule has 0 amide bonds. The molecule has 1 fully saturated rings. The van der Waals surface area contributed by atoms with E-state index in [-0.39, 0.29) is 6.61 Å². The van der Waals surface area contributed by atoms with Gasteiger partial charge in [0.1, 0.15) is 0 Å². The van der Waals surface area contributed by atoms with Gasteiger partial charge in [0.15, 0.2) is 0 Å². The lowest BCUT2D eigenvalue weighted by Gasteiger charge is -2.06. The number of hydrogen-bond donors (Lipinski definition) is 0. The standard InChI is InChI=1S/C7H14NO/c1-8-4-2-7(6-8)3-5-9/h7H,2-6H2,1H3. The van der Waals surface area contributed by atoms with Crippen molar-refractivity contribution in [3.8, 4) is 0 Å². The molecule has 0 N–H and O–H groups in total. The first-order valence-electron chi connectivity index (χ1n) is 3.59. The molecule has 1 rings (SSSR count). The zero-order valence-electron chi connectivity index (χ0n) is 5.97. The molecule has 0 aromatic carbocycles. The van der Waals surface area contributed by atoms with Crippen molar-refractivity contribution in [1.29, 1.82) is 0 Å². The van der Waals surface area contributed by atoms with E-state index in [4.69, 9.17) is 0 Å².